The largest absolute Gasteiger partial charge is 0.335 e. The molecule has 1 unspecified atom stereocenters. The van der Waals surface area contributed by atoms with E-state index in [0.29, 0.717) is 0 Å². The molecule has 4 aliphatic carbocycles. The number of hydrogen-bond acceptors (Lipinski definition) is 3. The Morgan fingerprint density at radius 3 is 1.75 bits per heavy atom. The number of allylic oxidation sites excluding steroid dienone is 2. The summed E-state index contributed by atoms with van der Waals surface area (Å²) < 4.78 is 18.2. The van der Waals surface area contributed by atoms with Crippen LogP contribution in [0.15, 0.2) is 132 Å². The maximum atomic E-state index is 15.4. The SMILES string of the molecule is CC1(C)CCC(C)(C)C2=CC(N3c4cc5c(cc4B4c6sc7cc8c(cc7c6N(c6ccc(F)cc6)c6cc(-c7ccc(C(C)(C)C)cc7-c7ccccc7)cc3c64)C(C)(C)CCC8(C)C)C(C)(C)CCC5(C)C)CC=C21. The highest BCUT2D eigenvalue weighted by molar-refractivity contribution is 7.33. The first-order valence-electron chi connectivity index (χ1n) is 29.1. The van der Waals surface area contributed by atoms with E-state index in [-0.39, 0.29) is 56.5 Å². The molecule has 1 aromatic heterocycles. The van der Waals surface area contributed by atoms with E-state index >= 15 is 4.39 Å². The highest BCUT2D eigenvalue weighted by atomic mass is 32.1. The lowest BCUT2D eigenvalue weighted by Crippen LogP contribution is -2.62. The number of thiophene rings is 1. The Balaban J connectivity index is 1.19. The zero-order valence-electron chi connectivity index (χ0n) is 48.8. The molecule has 0 amide bonds. The quantitative estimate of drug-likeness (QED) is 0.162. The molecule has 2 aliphatic heterocycles. The van der Waals surface area contributed by atoms with Gasteiger partial charge in [-0.15, -0.1) is 11.3 Å². The molecular formula is C72H80BFN2S. The van der Waals surface area contributed by atoms with Crippen LogP contribution < -0.4 is 25.5 Å². The Morgan fingerprint density at radius 1 is 0.545 bits per heavy atom. The molecule has 394 valence electrons. The molecule has 13 rings (SSSR count). The van der Waals surface area contributed by atoms with Gasteiger partial charge in [0, 0.05) is 37.6 Å². The third-order valence-electron chi connectivity index (χ3n) is 20.4. The smallest absolute Gasteiger partial charge is 0.264 e. The van der Waals surface area contributed by atoms with Crippen molar-refractivity contribution in [2.24, 2.45) is 10.8 Å². The summed E-state index contributed by atoms with van der Waals surface area (Å²) in [5.41, 5.74) is 24.3. The molecule has 5 heteroatoms. The van der Waals surface area contributed by atoms with Gasteiger partial charge >= 0.3 is 0 Å². The van der Waals surface area contributed by atoms with Crippen LogP contribution in [0.4, 0.5) is 32.8 Å². The molecule has 1 atom stereocenters. The average Bonchev–Trinajstić information content (AvgIpc) is 3.86. The van der Waals surface area contributed by atoms with Crippen molar-refractivity contribution in [3.05, 3.63) is 166 Å². The van der Waals surface area contributed by atoms with E-state index < -0.39 is 0 Å². The molecular weight excluding hydrogens is 955 g/mol. The van der Waals surface area contributed by atoms with Gasteiger partial charge in [0.15, 0.2) is 0 Å². The van der Waals surface area contributed by atoms with Crippen LogP contribution in [0.2, 0.25) is 0 Å². The van der Waals surface area contributed by atoms with Gasteiger partial charge in [-0.05, 0) is 210 Å². The fourth-order valence-electron chi connectivity index (χ4n) is 15.1. The van der Waals surface area contributed by atoms with Gasteiger partial charge in [-0.1, -0.05) is 171 Å². The highest BCUT2D eigenvalue weighted by Crippen LogP contribution is 2.57. The lowest BCUT2D eigenvalue weighted by atomic mass is 9.35. The second-order valence-electron chi connectivity index (χ2n) is 29.4. The van der Waals surface area contributed by atoms with E-state index in [1.54, 1.807) is 17.7 Å². The third-order valence-corrected chi connectivity index (χ3v) is 21.6. The first kappa shape index (κ1) is 50.8. The molecule has 0 bridgehead atoms. The van der Waals surface area contributed by atoms with Gasteiger partial charge in [-0.3, -0.25) is 0 Å². The van der Waals surface area contributed by atoms with Gasteiger partial charge in [0.1, 0.15) is 5.82 Å². The lowest BCUT2D eigenvalue weighted by Gasteiger charge is -2.50. The van der Waals surface area contributed by atoms with Crippen molar-refractivity contribution >= 4 is 72.3 Å². The number of nitrogens with zero attached hydrogens (tertiary/aromatic N) is 2. The summed E-state index contributed by atoms with van der Waals surface area (Å²) in [6.45, 7) is 36.7. The summed E-state index contributed by atoms with van der Waals surface area (Å²) >= 11 is 2.01. The predicted molar refractivity (Wildman–Crippen MR) is 331 cm³/mol. The van der Waals surface area contributed by atoms with Crippen LogP contribution in [0.3, 0.4) is 0 Å². The van der Waals surface area contributed by atoms with Gasteiger partial charge in [0.25, 0.3) is 6.71 Å². The van der Waals surface area contributed by atoms with E-state index in [1.807, 2.05) is 23.5 Å². The van der Waals surface area contributed by atoms with Gasteiger partial charge in [-0.25, -0.2) is 4.39 Å². The van der Waals surface area contributed by atoms with Crippen molar-refractivity contribution in [2.45, 2.75) is 182 Å². The first-order valence-corrected chi connectivity index (χ1v) is 29.9. The van der Waals surface area contributed by atoms with Crippen molar-refractivity contribution < 1.29 is 4.39 Å². The van der Waals surface area contributed by atoms with Crippen molar-refractivity contribution in [1.82, 2.24) is 0 Å². The number of benzene rings is 6. The van der Waals surface area contributed by atoms with Crippen LogP contribution >= 0.6 is 11.3 Å². The van der Waals surface area contributed by atoms with Crippen LogP contribution in [0, 0.1) is 16.6 Å². The number of fused-ring (bicyclic) bond motifs is 9. The molecule has 0 saturated heterocycles. The standard InChI is InChI=1S/C72H80BFN2S/c1-66(2,3)45-21-27-49(50(37-45)43-19-17-16-18-20-43)44-35-60-63-61(36-44)76(47-24-22-46(74)23-25-47)64-51-39-54-57(72(14,15)34-31-69(54,8)9)42-62(51)77-65(64)73(63)58-40-55-56(71(12,13)33-32-70(55,10)11)41-59(58)75(60)48-26-28-52-53(38-48)68(6,7)30-29-67(52,4)5/h16-25,27-28,35-42,48H,26,29-34H2,1-15H3. The molecule has 77 heavy (non-hydrogen) atoms. The molecule has 0 N–H and O–H groups in total. The number of halogens is 1. The molecule has 0 radical (unpaired) electrons. The zero-order valence-corrected chi connectivity index (χ0v) is 49.6. The van der Waals surface area contributed by atoms with Gasteiger partial charge < -0.3 is 9.80 Å². The minimum Gasteiger partial charge on any atom is -0.335 e. The molecule has 7 aromatic rings. The third kappa shape index (κ3) is 7.80. The summed E-state index contributed by atoms with van der Waals surface area (Å²) in [6, 6.07) is 41.5. The van der Waals surface area contributed by atoms with Crippen LogP contribution in [-0.4, -0.2) is 12.8 Å². The minimum atomic E-state index is -0.221. The summed E-state index contributed by atoms with van der Waals surface area (Å²) in [7, 11) is 0. The van der Waals surface area contributed by atoms with E-state index in [2.05, 4.69) is 211 Å². The Labute approximate surface area is 465 Å². The molecule has 0 spiro atoms. The summed E-state index contributed by atoms with van der Waals surface area (Å²) in [5.74, 6) is -0.221. The topological polar surface area (TPSA) is 6.48 Å². The van der Waals surface area contributed by atoms with E-state index in [1.165, 1.54) is 117 Å². The van der Waals surface area contributed by atoms with Crippen LogP contribution in [-0.2, 0) is 27.1 Å². The number of anilines is 5. The van der Waals surface area contributed by atoms with Crippen molar-refractivity contribution in [3.63, 3.8) is 0 Å². The number of hydrogen-bond donors (Lipinski definition) is 0. The van der Waals surface area contributed by atoms with Crippen molar-refractivity contribution in [3.8, 4) is 22.3 Å². The van der Waals surface area contributed by atoms with Gasteiger partial charge in [0.05, 0.1) is 11.7 Å². The normalized spacial score (nSPS) is 21.7. The fourth-order valence-corrected chi connectivity index (χ4v) is 16.5. The molecule has 1 fully saturated rings. The Hall–Kier alpha value is -5.65. The van der Waals surface area contributed by atoms with Crippen LogP contribution in [0.1, 0.15) is 177 Å². The highest BCUT2D eigenvalue weighted by Gasteiger charge is 2.50. The maximum Gasteiger partial charge on any atom is 0.264 e. The predicted octanol–water partition coefficient (Wildman–Crippen LogP) is 18.6. The molecule has 3 heterocycles. The zero-order chi connectivity index (χ0) is 54.3. The Bertz CT molecular complexity index is 3680. The van der Waals surface area contributed by atoms with Crippen LogP contribution in [0.25, 0.3) is 32.3 Å². The van der Waals surface area contributed by atoms with Crippen LogP contribution in [0.5, 0.6) is 0 Å². The average molecular weight is 1040 g/mol. The van der Waals surface area contributed by atoms with Gasteiger partial charge in [0.2, 0.25) is 0 Å². The minimum absolute atomic E-state index is 0.0130. The Morgan fingerprint density at radius 2 is 1.12 bits per heavy atom. The van der Waals surface area contributed by atoms with Crippen molar-refractivity contribution in [2.75, 3.05) is 9.80 Å². The molecule has 1 saturated carbocycles. The maximum absolute atomic E-state index is 15.4. The summed E-state index contributed by atoms with van der Waals surface area (Å²) in [4.78, 5) is 5.41. The second kappa shape index (κ2) is 16.7. The van der Waals surface area contributed by atoms with Gasteiger partial charge in [-0.2, -0.15) is 0 Å². The molecule has 6 aliphatic rings. The number of rotatable bonds is 4. The van der Waals surface area contributed by atoms with E-state index in [4.69, 9.17) is 0 Å². The monoisotopic (exact) mass is 1030 g/mol. The second-order valence-corrected chi connectivity index (χ2v) is 30.5. The fraction of sp³-hybridized carbons (Fsp3) is 0.417. The molecule has 6 aromatic carbocycles. The molecule has 2 nitrogen and oxygen atoms in total. The Kier molecular flexibility index (Phi) is 11.0. The van der Waals surface area contributed by atoms with Crippen molar-refractivity contribution in [1.29, 1.82) is 0 Å². The summed E-state index contributed by atoms with van der Waals surface area (Å²) in [5, 5.41) is 1.30. The van der Waals surface area contributed by atoms with E-state index in [9.17, 15) is 0 Å². The summed E-state index contributed by atoms with van der Waals surface area (Å²) in [6.07, 6.45) is 13.3. The lowest BCUT2D eigenvalue weighted by molar-refractivity contribution is 0.256. The first-order chi connectivity index (χ1) is 36.2. The van der Waals surface area contributed by atoms with E-state index in [0.717, 1.165) is 37.8 Å².